The summed E-state index contributed by atoms with van der Waals surface area (Å²) in [5.41, 5.74) is 1.28. The lowest BCUT2D eigenvalue weighted by Gasteiger charge is -2.22. The summed E-state index contributed by atoms with van der Waals surface area (Å²) in [5, 5.41) is 0. The summed E-state index contributed by atoms with van der Waals surface area (Å²) in [6.07, 6.45) is 3.74. The van der Waals surface area contributed by atoms with Crippen molar-refractivity contribution < 1.29 is 0 Å². The molecular weight excluding hydrogens is 148 g/mol. The standard InChI is InChI=1S/C10H16N2/c1-4-12(3)9(2)10-6-5-7-11-8-10/h5-9H,4H2,1-3H3. The zero-order valence-corrected chi connectivity index (χ0v) is 7.99. The van der Waals surface area contributed by atoms with Gasteiger partial charge in [0.25, 0.3) is 0 Å². The topological polar surface area (TPSA) is 16.1 Å². The summed E-state index contributed by atoms with van der Waals surface area (Å²) in [5.74, 6) is 0. The van der Waals surface area contributed by atoms with Gasteiger partial charge < -0.3 is 0 Å². The van der Waals surface area contributed by atoms with Crippen molar-refractivity contribution in [2.45, 2.75) is 19.9 Å². The second-order valence-corrected chi connectivity index (χ2v) is 3.04. The summed E-state index contributed by atoms with van der Waals surface area (Å²) in [4.78, 5) is 6.38. The number of hydrogen-bond acceptors (Lipinski definition) is 2. The molecule has 1 atom stereocenters. The smallest absolute Gasteiger partial charge is 0.0331 e. The van der Waals surface area contributed by atoms with Crippen LogP contribution in [0.1, 0.15) is 25.5 Å². The van der Waals surface area contributed by atoms with Crippen molar-refractivity contribution in [1.82, 2.24) is 9.88 Å². The predicted molar refractivity (Wildman–Crippen MR) is 51.0 cm³/mol. The van der Waals surface area contributed by atoms with E-state index >= 15 is 0 Å². The van der Waals surface area contributed by atoms with Crippen molar-refractivity contribution in [3.8, 4) is 0 Å². The van der Waals surface area contributed by atoms with Crippen molar-refractivity contribution in [3.05, 3.63) is 30.1 Å². The van der Waals surface area contributed by atoms with Crippen LogP contribution in [0.3, 0.4) is 0 Å². The van der Waals surface area contributed by atoms with Crippen molar-refractivity contribution in [2.75, 3.05) is 13.6 Å². The third-order valence-electron chi connectivity index (χ3n) is 2.33. The Morgan fingerprint density at radius 3 is 2.83 bits per heavy atom. The molecule has 2 nitrogen and oxygen atoms in total. The summed E-state index contributed by atoms with van der Waals surface area (Å²) < 4.78 is 0. The third-order valence-corrected chi connectivity index (χ3v) is 2.33. The van der Waals surface area contributed by atoms with Crippen LogP contribution in [0.5, 0.6) is 0 Å². The van der Waals surface area contributed by atoms with Crippen LogP contribution < -0.4 is 0 Å². The van der Waals surface area contributed by atoms with Crippen molar-refractivity contribution in [2.24, 2.45) is 0 Å². The maximum atomic E-state index is 4.10. The minimum absolute atomic E-state index is 0.462. The van der Waals surface area contributed by atoms with E-state index in [1.165, 1.54) is 5.56 Å². The summed E-state index contributed by atoms with van der Waals surface area (Å²) in [7, 11) is 2.12. The van der Waals surface area contributed by atoms with E-state index in [0.29, 0.717) is 6.04 Å². The fourth-order valence-corrected chi connectivity index (χ4v) is 1.15. The quantitative estimate of drug-likeness (QED) is 0.680. The van der Waals surface area contributed by atoms with Crippen LogP contribution in [0.15, 0.2) is 24.5 Å². The van der Waals surface area contributed by atoms with Gasteiger partial charge in [-0.05, 0) is 32.1 Å². The van der Waals surface area contributed by atoms with Gasteiger partial charge in [0.2, 0.25) is 0 Å². The molecule has 0 saturated heterocycles. The van der Waals surface area contributed by atoms with E-state index in [1.54, 1.807) is 0 Å². The molecule has 0 saturated carbocycles. The van der Waals surface area contributed by atoms with Crippen LogP contribution >= 0.6 is 0 Å². The monoisotopic (exact) mass is 164 g/mol. The third kappa shape index (κ3) is 2.05. The molecule has 0 aliphatic heterocycles. The minimum atomic E-state index is 0.462. The molecule has 1 aromatic rings. The molecule has 0 radical (unpaired) electrons. The molecule has 1 unspecified atom stereocenters. The average Bonchev–Trinajstić information content (AvgIpc) is 2.17. The highest BCUT2D eigenvalue weighted by Crippen LogP contribution is 2.15. The molecule has 66 valence electrons. The number of pyridine rings is 1. The SMILES string of the molecule is CCN(C)C(C)c1cccnc1. The first-order chi connectivity index (χ1) is 5.75. The molecule has 0 aliphatic rings. The van der Waals surface area contributed by atoms with E-state index in [9.17, 15) is 0 Å². The van der Waals surface area contributed by atoms with Gasteiger partial charge in [-0.15, -0.1) is 0 Å². The fourth-order valence-electron chi connectivity index (χ4n) is 1.15. The zero-order chi connectivity index (χ0) is 8.97. The molecule has 0 spiro atoms. The lowest BCUT2D eigenvalue weighted by Crippen LogP contribution is -2.21. The minimum Gasteiger partial charge on any atom is -0.300 e. The first-order valence-corrected chi connectivity index (χ1v) is 4.36. The van der Waals surface area contributed by atoms with E-state index < -0.39 is 0 Å². The largest absolute Gasteiger partial charge is 0.300 e. The van der Waals surface area contributed by atoms with Crippen LogP contribution in [-0.2, 0) is 0 Å². The molecule has 0 aliphatic carbocycles. The first kappa shape index (κ1) is 9.20. The molecular formula is C10H16N2. The van der Waals surface area contributed by atoms with Crippen molar-refractivity contribution >= 4 is 0 Å². The summed E-state index contributed by atoms with van der Waals surface area (Å²) in [6, 6.07) is 4.56. The zero-order valence-electron chi connectivity index (χ0n) is 7.99. The van der Waals surface area contributed by atoms with E-state index in [-0.39, 0.29) is 0 Å². The molecule has 0 bridgehead atoms. The second-order valence-electron chi connectivity index (χ2n) is 3.04. The molecule has 12 heavy (non-hydrogen) atoms. The Balaban J connectivity index is 2.71. The van der Waals surface area contributed by atoms with Gasteiger partial charge in [0.05, 0.1) is 0 Å². The van der Waals surface area contributed by atoms with Gasteiger partial charge in [-0.3, -0.25) is 9.88 Å². The molecule has 1 rings (SSSR count). The Labute approximate surface area is 74.2 Å². The molecule has 0 fully saturated rings. The van der Waals surface area contributed by atoms with Gasteiger partial charge >= 0.3 is 0 Å². The van der Waals surface area contributed by atoms with Gasteiger partial charge in [0.1, 0.15) is 0 Å². The predicted octanol–water partition coefficient (Wildman–Crippen LogP) is 2.09. The van der Waals surface area contributed by atoms with Crippen LogP contribution in [-0.4, -0.2) is 23.5 Å². The van der Waals surface area contributed by atoms with E-state index in [0.717, 1.165) is 6.54 Å². The maximum absolute atomic E-state index is 4.10. The number of rotatable bonds is 3. The Morgan fingerprint density at radius 1 is 1.58 bits per heavy atom. The number of aromatic nitrogens is 1. The number of nitrogens with zero attached hydrogens (tertiary/aromatic N) is 2. The summed E-state index contributed by atoms with van der Waals surface area (Å²) >= 11 is 0. The molecule has 0 amide bonds. The Hall–Kier alpha value is -0.890. The highest BCUT2D eigenvalue weighted by molar-refractivity contribution is 5.12. The maximum Gasteiger partial charge on any atom is 0.0331 e. The Bertz CT molecular complexity index is 221. The number of hydrogen-bond donors (Lipinski definition) is 0. The summed E-state index contributed by atoms with van der Waals surface area (Å²) in [6.45, 7) is 5.42. The average molecular weight is 164 g/mol. The van der Waals surface area contributed by atoms with Gasteiger partial charge in [0, 0.05) is 18.4 Å². The molecule has 1 heterocycles. The lowest BCUT2D eigenvalue weighted by atomic mass is 10.1. The molecule has 0 N–H and O–H groups in total. The highest BCUT2D eigenvalue weighted by Gasteiger charge is 2.08. The van der Waals surface area contributed by atoms with Crippen LogP contribution in [0.25, 0.3) is 0 Å². The highest BCUT2D eigenvalue weighted by atomic mass is 15.1. The molecule has 2 heteroatoms. The first-order valence-electron chi connectivity index (χ1n) is 4.36. The van der Waals surface area contributed by atoms with Crippen LogP contribution in [0.4, 0.5) is 0 Å². The van der Waals surface area contributed by atoms with Gasteiger partial charge in [0.15, 0.2) is 0 Å². The van der Waals surface area contributed by atoms with Crippen molar-refractivity contribution in [3.63, 3.8) is 0 Å². The van der Waals surface area contributed by atoms with E-state index in [2.05, 4.69) is 36.8 Å². The van der Waals surface area contributed by atoms with Gasteiger partial charge in [-0.2, -0.15) is 0 Å². The van der Waals surface area contributed by atoms with Gasteiger partial charge in [-0.1, -0.05) is 13.0 Å². The fraction of sp³-hybridized carbons (Fsp3) is 0.500. The Morgan fingerprint density at radius 2 is 2.33 bits per heavy atom. The molecule has 1 aromatic heterocycles. The second kappa shape index (κ2) is 4.21. The van der Waals surface area contributed by atoms with E-state index in [1.807, 2.05) is 18.5 Å². The van der Waals surface area contributed by atoms with Crippen LogP contribution in [0, 0.1) is 0 Å². The van der Waals surface area contributed by atoms with Crippen molar-refractivity contribution in [1.29, 1.82) is 0 Å². The lowest BCUT2D eigenvalue weighted by molar-refractivity contribution is 0.275. The van der Waals surface area contributed by atoms with Gasteiger partial charge in [-0.25, -0.2) is 0 Å². The molecule has 0 aromatic carbocycles. The van der Waals surface area contributed by atoms with E-state index in [4.69, 9.17) is 0 Å². The Kier molecular flexibility index (Phi) is 3.23. The van der Waals surface area contributed by atoms with Crippen LogP contribution in [0.2, 0.25) is 0 Å². The normalized spacial score (nSPS) is 13.3.